The number of hydrogen-bond donors (Lipinski definition) is 1. The van der Waals surface area contributed by atoms with Crippen LogP contribution in [0.2, 0.25) is 0 Å². The lowest BCUT2D eigenvalue weighted by Gasteiger charge is -2.36. The maximum Gasteiger partial charge on any atom is 0.260 e. The summed E-state index contributed by atoms with van der Waals surface area (Å²) in [7, 11) is -3.39. The van der Waals surface area contributed by atoms with Crippen LogP contribution in [-0.2, 0) is 10.0 Å². The van der Waals surface area contributed by atoms with Crippen LogP contribution in [0.15, 0.2) is 17.3 Å². The monoisotopic (exact) mass is 272 g/mol. The summed E-state index contributed by atoms with van der Waals surface area (Å²) in [6.07, 6.45) is 2.55. The molecule has 2 rings (SSSR count). The molecule has 1 unspecified atom stereocenters. The van der Waals surface area contributed by atoms with Gasteiger partial charge in [0.25, 0.3) is 10.0 Å². The molecule has 18 heavy (non-hydrogen) atoms. The van der Waals surface area contributed by atoms with Crippen molar-refractivity contribution in [3.63, 3.8) is 0 Å². The first-order chi connectivity index (χ1) is 8.55. The number of hydrogen-bond acceptors (Lipinski definition) is 4. The summed E-state index contributed by atoms with van der Waals surface area (Å²) in [6, 6.07) is 2.01. The van der Waals surface area contributed by atoms with Crippen LogP contribution in [-0.4, -0.2) is 60.0 Å². The van der Waals surface area contributed by atoms with E-state index in [1.807, 2.05) is 0 Å². The summed E-state index contributed by atoms with van der Waals surface area (Å²) in [5.41, 5.74) is 0. The zero-order chi connectivity index (χ0) is 13.2. The first kappa shape index (κ1) is 13.5. The van der Waals surface area contributed by atoms with E-state index >= 15 is 0 Å². The van der Waals surface area contributed by atoms with E-state index in [0.29, 0.717) is 19.1 Å². The van der Waals surface area contributed by atoms with E-state index in [-0.39, 0.29) is 5.03 Å². The number of sulfonamides is 1. The van der Waals surface area contributed by atoms with Gasteiger partial charge in [0, 0.05) is 32.2 Å². The van der Waals surface area contributed by atoms with Crippen molar-refractivity contribution in [1.29, 1.82) is 0 Å². The molecule has 1 aliphatic rings. The highest BCUT2D eigenvalue weighted by molar-refractivity contribution is 7.89. The number of nitrogens with one attached hydrogen (secondary N) is 1. The van der Waals surface area contributed by atoms with Gasteiger partial charge >= 0.3 is 0 Å². The molecule has 1 aromatic rings. The molecule has 1 N–H and O–H groups in total. The van der Waals surface area contributed by atoms with Crippen LogP contribution in [0.3, 0.4) is 0 Å². The first-order valence-electron chi connectivity index (χ1n) is 6.29. The Morgan fingerprint density at radius 2 is 2.06 bits per heavy atom. The third-order valence-corrected chi connectivity index (χ3v) is 5.41. The summed E-state index contributed by atoms with van der Waals surface area (Å²) in [6.45, 7) is 7.01. The molecule has 0 bridgehead atoms. The highest BCUT2D eigenvalue weighted by Crippen LogP contribution is 2.16. The summed E-state index contributed by atoms with van der Waals surface area (Å²) in [5.74, 6) is 0. The minimum Gasteiger partial charge on any atom is -0.298 e. The SMILES string of the molecule is CCC(C)N1CCN(S(=O)(=O)c2ccn[nH]2)CC1. The molecule has 0 amide bonds. The van der Waals surface area contributed by atoms with Crippen molar-refractivity contribution in [2.75, 3.05) is 26.2 Å². The number of H-pyrrole nitrogens is 1. The van der Waals surface area contributed by atoms with E-state index in [0.717, 1.165) is 19.5 Å². The van der Waals surface area contributed by atoms with Gasteiger partial charge in [-0.1, -0.05) is 6.92 Å². The molecule has 1 fully saturated rings. The zero-order valence-corrected chi connectivity index (χ0v) is 11.7. The summed E-state index contributed by atoms with van der Waals surface area (Å²) < 4.78 is 26.0. The molecule has 0 saturated carbocycles. The van der Waals surface area contributed by atoms with Crippen LogP contribution >= 0.6 is 0 Å². The summed E-state index contributed by atoms with van der Waals surface area (Å²) in [5, 5.41) is 6.41. The second-order valence-corrected chi connectivity index (χ2v) is 6.52. The first-order valence-corrected chi connectivity index (χ1v) is 7.73. The van der Waals surface area contributed by atoms with E-state index in [4.69, 9.17) is 0 Å². The van der Waals surface area contributed by atoms with E-state index < -0.39 is 10.0 Å². The Labute approximate surface area is 108 Å². The van der Waals surface area contributed by atoms with Gasteiger partial charge in [0.05, 0.1) is 6.20 Å². The normalized spacial score (nSPS) is 21.0. The van der Waals surface area contributed by atoms with Crippen molar-refractivity contribution in [1.82, 2.24) is 19.4 Å². The van der Waals surface area contributed by atoms with Crippen molar-refractivity contribution in [3.8, 4) is 0 Å². The quantitative estimate of drug-likeness (QED) is 0.867. The number of aromatic nitrogens is 2. The van der Waals surface area contributed by atoms with Gasteiger partial charge in [-0.15, -0.1) is 0 Å². The van der Waals surface area contributed by atoms with Crippen molar-refractivity contribution in [2.24, 2.45) is 0 Å². The molecule has 1 aliphatic heterocycles. The van der Waals surface area contributed by atoms with E-state index in [9.17, 15) is 8.42 Å². The minimum atomic E-state index is -3.39. The fourth-order valence-electron chi connectivity index (χ4n) is 2.17. The lowest BCUT2D eigenvalue weighted by molar-refractivity contribution is 0.142. The van der Waals surface area contributed by atoms with Crippen LogP contribution in [0.5, 0.6) is 0 Å². The van der Waals surface area contributed by atoms with E-state index in [2.05, 4.69) is 28.9 Å². The topological polar surface area (TPSA) is 69.3 Å². The third-order valence-electron chi connectivity index (χ3n) is 3.58. The Morgan fingerprint density at radius 3 is 2.56 bits per heavy atom. The van der Waals surface area contributed by atoms with Gasteiger partial charge < -0.3 is 0 Å². The molecule has 0 aliphatic carbocycles. The van der Waals surface area contributed by atoms with Crippen molar-refractivity contribution < 1.29 is 8.42 Å². The highest BCUT2D eigenvalue weighted by Gasteiger charge is 2.30. The van der Waals surface area contributed by atoms with E-state index in [1.165, 1.54) is 16.6 Å². The van der Waals surface area contributed by atoms with Crippen molar-refractivity contribution in [3.05, 3.63) is 12.3 Å². The number of piperazine rings is 1. The fraction of sp³-hybridized carbons (Fsp3) is 0.727. The third kappa shape index (κ3) is 2.57. The Kier molecular flexibility index (Phi) is 4.04. The maximum absolute atomic E-state index is 12.2. The number of rotatable bonds is 4. The summed E-state index contributed by atoms with van der Waals surface area (Å²) >= 11 is 0. The molecule has 0 radical (unpaired) electrons. The molecule has 0 spiro atoms. The Balaban J connectivity index is 2.02. The molecular weight excluding hydrogens is 252 g/mol. The highest BCUT2D eigenvalue weighted by atomic mass is 32.2. The molecule has 1 aromatic heterocycles. The van der Waals surface area contributed by atoms with Gasteiger partial charge in [0.15, 0.2) is 5.03 Å². The molecular formula is C11H20N4O2S. The average molecular weight is 272 g/mol. The number of aromatic amines is 1. The standard InChI is InChI=1S/C11H20N4O2S/c1-3-10(2)14-6-8-15(9-7-14)18(16,17)11-4-5-12-13-11/h4-5,10H,3,6-9H2,1-2H3,(H,12,13). The van der Waals surface area contributed by atoms with Gasteiger partial charge in [-0.25, -0.2) is 8.42 Å². The predicted molar refractivity (Wildman–Crippen MR) is 68.7 cm³/mol. The molecule has 6 nitrogen and oxygen atoms in total. The summed E-state index contributed by atoms with van der Waals surface area (Å²) in [4.78, 5) is 2.33. The Hall–Kier alpha value is -0.920. The van der Waals surface area contributed by atoms with Gasteiger partial charge in [-0.3, -0.25) is 10.00 Å². The van der Waals surface area contributed by atoms with Crippen molar-refractivity contribution in [2.45, 2.75) is 31.3 Å². The van der Waals surface area contributed by atoms with Gasteiger partial charge in [-0.2, -0.15) is 9.40 Å². The molecule has 1 atom stereocenters. The Morgan fingerprint density at radius 1 is 1.39 bits per heavy atom. The van der Waals surface area contributed by atoms with Crippen LogP contribution in [0.25, 0.3) is 0 Å². The van der Waals surface area contributed by atoms with Crippen LogP contribution in [0.4, 0.5) is 0 Å². The minimum absolute atomic E-state index is 0.180. The number of nitrogens with zero attached hydrogens (tertiary/aromatic N) is 3. The predicted octanol–water partition coefficient (Wildman–Crippen LogP) is 0.515. The maximum atomic E-state index is 12.2. The lowest BCUT2D eigenvalue weighted by Crippen LogP contribution is -2.51. The van der Waals surface area contributed by atoms with Crippen molar-refractivity contribution >= 4 is 10.0 Å². The smallest absolute Gasteiger partial charge is 0.260 e. The molecule has 2 heterocycles. The van der Waals surface area contributed by atoms with Crippen LogP contribution in [0, 0.1) is 0 Å². The fourth-order valence-corrected chi connectivity index (χ4v) is 3.49. The van der Waals surface area contributed by atoms with Gasteiger partial charge in [-0.05, 0) is 19.4 Å². The van der Waals surface area contributed by atoms with Gasteiger partial charge in [0.2, 0.25) is 0 Å². The molecule has 102 valence electrons. The Bertz CT molecular complexity index is 463. The molecule has 0 aromatic carbocycles. The molecule has 7 heteroatoms. The van der Waals surface area contributed by atoms with E-state index in [1.54, 1.807) is 0 Å². The zero-order valence-electron chi connectivity index (χ0n) is 10.8. The second kappa shape index (κ2) is 5.38. The second-order valence-electron chi connectivity index (χ2n) is 4.62. The lowest BCUT2D eigenvalue weighted by atomic mass is 10.2. The largest absolute Gasteiger partial charge is 0.298 e. The average Bonchev–Trinajstić information content (AvgIpc) is 2.92. The van der Waals surface area contributed by atoms with Crippen LogP contribution < -0.4 is 0 Å². The van der Waals surface area contributed by atoms with Crippen LogP contribution in [0.1, 0.15) is 20.3 Å². The van der Waals surface area contributed by atoms with Gasteiger partial charge in [0.1, 0.15) is 0 Å². The molecule has 1 saturated heterocycles.